The van der Waals surface area contributed by atoms with Crippen LogP contribution in [0.2, 0.25) is 0 Å². The van der Waals surface area contributed by atoms with Crippen LogP contribution >= 0.6 is 15.9 Å². The molecular weight excluding hydrogens is 412 g/mol. The second-order valence-corrected chi connectivity index (χ2v) is 6.42. The zero-order chi connectivity index (χ0) is 19.6. The molecule has 2 aromatic rings. The summed E-state index contributed by atoms with van der Waals surface area (Å²) in [6.45, 7) is 0.629. The van der Waals surface area contributed by atoms with Crippen LogP contribution < -0.4 is 20.1 Å². The average molecular weight is 433 g/mol. The van der Waals surface area contributed by atoms with Crippen LogP contribution in [0.5, 0.6) is 11.5 Å². The maximum Gasteiger partial charge on any atom is 0.251 e. The van der Waals surface area contributed by atoms with E-state index >= 15 is 0 Å². The van der Waals surface area contributed by atoms with E-state index < -0.39 is 0 Å². The number of ether oxygens (including phenoxy) is 2. The maximum absolute atomic E-state index is 12.2. The Labute approximate surface area is 166 Å². The van der Waals surface area contributed by atoms with Gasteiger partial charge in [0.25, 0.3) is 5.91 Å². The van der Waals surface area contributed by atoms with Crippen LogP contribution in [0.15, 0.2) is 53.0 Å². The minimum Gasteiger partial charge on any atom is -0.493 e. The van der Waals surface area contributed by atoms with E-state index in [2.05, 4.69) is 26.6 Å². The summed E-state index contributed by atoms with van der Waals surface area (Å²) in [5.41, 5.74) is 1.37. The van der Waals surface area contributed by atoms with Gasteiger partial charge in [-0.3, -0.25) is 9.59 Å². The fraction of sp³-hybridized carbons (Fsp3) is 0.200. The van der Waals surface area contributed by atoms with E-state index in [1.54, 1.807) is 24.3 Å². The summed E-state index contributed by atoms with van der Waals surface area (Å²) >= 11 is 3.38. The quantitative estimate of drug-likeness (QED) is 0.496. The number of carbonyl (C=O) groups is 2. The largest absolute Gasteiger partial charge is 0.493 e. The van der Waals surface area contributed by atoms with E-state index in [4.69, 9.17) is 9.47 Å². The van der Waals surface area contributed by atoms with Crippen molar-refractivity contribution in [1.82, 2.24) is 10.6 Å². The highest BCUT2D eigenvalue weighted by atomic mass is 79.9. The first-order chi connectivity index (χ1) is 13.0. The minimum absolute atomic E-state index is 0.227. The minimum atomic E-state index is -0.255. The lowest BCUT2D eigenvalue weighted by Gasteiger charge is -2.10. The third-order valence-electron chi connectivity index (χ3n) is 3.63. The third kappa shape index (κ3) is 6.45. The third-order valence-corrected chi connectivity index (χ3v) is 4.12. The molecule has 2 aromatic carbocycles. The number of nitrogens with one attached hydrogen (secondary N) is 2. The number of halogens is 1. The van der Waals surface area contributed by atoms with Crippen molar-refractivity contribution in [3.05, 3.63) is 64.1 Å². The van der Waals surface area contributed by atoms with Crippen molar-refractivity contribution < 1.29 is 19.1 Å². The van der Waals surface area contributed by atoms with Crippen LogP contribution in [0, 0.1) is 0 Å². The van der Waals surface area contributed by atoms with E-state index in [-0.39, 0.29) is 11.8 Å². The lowest BCUT2D eigenvalue weighted by molar-refractivity contribution is -0.116. The van der Waals surface area contributed by atoms with E-state index in [1.807, 2.05) is 24.3 Å². The SMILES string of the molecule is COc1ccc(C(=O)NCCNC(=O)/C=C/c2cccc(Br)c2)cc1OC. The second-order valence-electron chi connectivity index (χ2n) is 5.51. The molecule has 0 aliphatic rings. The lowest BCUT2D eigenvalue weighted by atomic mass is 10.2. The molecule has 2 rings (SSSR count). The van der Waals surface area contributed by atoms with Gasteiger partial charge in [-0.15, -0.1) is 0 Å². The normalized spacial score (nSPS) is 10.5. The number of carbonyl (C=O) groups excluding carboxylic acids is 2. The molecule has 0 unspecified atom stereocenters. The van der Waals surface area contributed by atoms with Crippen molar-refractivity contribution in [3.63, 3.8) is 0 Å². The number of amides is 2. The van der Waals surface area contributed by atoms with Gasteiger partial charge >= 0.3 is 0 Å². The molecule has 0 atom stereocenters. The van der Waals surface area contributed by atoms with E-state index in [9.17, 15) is 9.59 Å². The molecule has 6 nitrogen and oxygen atoms in total. The van der Waals surface area contributed by atoms with E-state index in [0.29, 0.717) is 30.2 Å². The van der Waals surface area contributed by atoms with Crippen molar-refractivity contribution in [2.45, 2.75) is 0 Å². The molecule has 0 heterocycles. The predicted octanol–water partition coefficient (Wildman–Crippen LogP) is 3.03. The van der Waals surface area contributed by atoms with Gasteiger partial charge in [-0.1, -0.05) is 28.1 Å². The Hall–Kier alpha value is -2.80. The molecule has 27 heavy (non-hydrogen) atoms. The second kappa shape index (κ2) is 10.4. The first kappa shape index (κ1) is 20.5. The summed E-state index contributed by atoms with van der Waals surface area (Å²) in [7, 11) is 3.04. The van der Waals surface area contributed by atoms with Gasteiger partial charge in [0, 0.05) is 29.2 Å². The zero-order valence-corrected chi connectivity index (χ0v) is 16.7. The molecular formula is C20H21BrN2O4. The van der Waals surface area contributed by atoms with Crippen molar-refractivity contribution >= 4 is 33.8 Å². The van der Waals surface area contributed by atoms with Gasteiger partial charge in [0.2, 0.25) is 5.91 Å². The molecule has 2 N–H and O–H groups in total. The van der Waals surface area contributed by atoms with E-state index in [0.717, 1.165) is 10.0 Å². The Balaban J connectivity index is 1.77. The number of hydrogen-bond donors (Lipinski definition) is 2. The molecule has 0 saturated heterocycles. The molecule has 142 valence electrons. The smallest absolute Gasteiger partial charge is 0.251 e. The van der Waals surface area contributed by atoms with E-state index in [1.165, 1.54) is 20.3 Å². The van der Waals surface area contributed by atoms with Crippen LogP contribution in [0.4, 0.5) is 0 Å². The molecule has 0 bridgehead atoms. The first-order valence-electron chi connectivity index (χ1n) is 8.25. The van der Waals surface area contributed by atoms with Gasteiger partial charge in [-0.25, -0.2) is 0 Å². The summed E-state index contributed by atoms with van der Waals surface area (Å²) in [4.78, 5) is 24.0. The average Bonchev–Trinajstić information content (AvgIpc) is 2.69. The number of rotatable bonds is 8. The Kier molecular flexibility index (Phi) is 7.88. The summed E-state index contributed by atoms with van der Waals surface area (Å²) in [5, 5.41) is 5.46. The summed E-state index contributed by atoms with van der Waals surface area (Å²) in [6.07, 6.45) is 3.18. The highest BCUT2D eigenvalue weighted by Crippen LogP contribution is 2.27. The van der Waals surface area contributed by atoms with Gasteiger partial charge in [-0.2, -0.15) is 0 Å². The molecule has 0 aromatic heterocycles. The molecule has 0 fully saturated rings. The van der Waals surface area contributed by atoms with Gasteiger partial charge in [-0.05, 0) is 42.0 Å². The van der Waals surface area contributed by atoms with Crippen LogP contribution in [-0.4, -0.2) is 39.1 Å². The predicted molar refractivity (Wildman–Crippen MR) is 108 cm³/mol. The molecule has 7 heteroatoms. The van der Waals surface area contributed by atoms with Crippen molar-refractivity contribution in [1.29, 1.82) is 0 Å². The van der Waals surface area contributed by atoms with Crippen molar-refractivity contribution in [2.75, 3.05) is 27.3 Å². The van der Waals surface area contributed by atoms with Crippen LogP contribution in [0.3, 0.4) is 0 Å². The Morgan fingerprint density at radius 2 is 1.74 bits per heavy atom. The molecule has 2 amide bonds. The molecule has 0 aliphatic heterocycles. The molecule has 0 aliphatic carbocycles. The maximum atomic E-state index is 12.2. The van der Waals surface area contributed by atoms with Crippen LogP contribution in [-0.2, 0) is 4.79 Å². The first-order valence-corrected chi connectivity index (χ1v) is 9.04. The molecule has 0 saturated carbocycles. The van der Waals surface area contributed by atoms with Crippen LogP contribution in [0.25, 0.3) is 6.08 Å². The Morgan fingerprint density at radius 1 is 1.00 bits per heavy atom. The topological polar surface area (TPSA) is 76.7 Å². The monoisotopic (exact) mass is 432 g/mol. The number of methoxy groups -OCH3 is 2. The highest BCUT2D eigenvalue weighted by molar-refractivity contribution is 9.10. The molecule has 0 spiro atoms. The summed E-state index contributed by atoms with van der Waals surface area (Å²) in [5.74, 6) is 0.555. The van der Waals surface area contributed by atoms with Crippen molar-refractivity contribution in [3.8, 4) is 11.5 Å². The molecule has 0 radical (unpaired) electrons. The van der Waals surface area contributed by atoms with Crippen LogP contribution in [0.1, 0.15) is 15.9 Å². The standard InChI is InChI=1S/C20H21BrN2O4/c1-26-17-8-7-15(13-18(17)27-2)20(25)23-11-10-22-19(24)9-6-14-4-3-5-16(21)12-14/h3-9,12-13H,10-11H2,1-2H3,(H,22,24)(H,23,25)/b9-6+. The zero-order valence-electron chi connectivity index (χ0n) is 15.1. The highest BCUT2D eigenvalue weighted by Gasteiger charge is 2.10. The summed E-state index contributed by atoms with van der Waals surface area (Å²) in [6, 6.07) is 12.5. The number of benzene rings is 2. The summed E-state index contributed by atoms with van der Waals surface area (Å²) < 4.78 is 11.3. The number of hydrogen-bond acceptors (Lipinski definition) is 4. The van der Waals surface area contributed by atoms with Gasteiger partial charge < -0.3 is 20.1 Å². The van der Waals surface area contributed by atoms with Gasteiger partial charge in [0.05, 0.1) is 14.2 Å². The Morgan fingerprint density at radius 3 is 2.44 bits per heavy atom. The van der Waals surface area contributed by atoms with Gasteiger partial charge in [0.15, 0.2) is 11.5 Å². The Bertz CT molecular complexity index is 836. The lowest BCUT2D eigenvalue weighted by Crippen LogP contribution is -2.34. The fourth-order valence-electron chi connectivity index (χ4n) is 2.28. The van der Waals surface area contributed by atoms with Gasteiger partial charge in [0.1, 0.15) is 0 Å². The van der Waals surface area contributed by atoms with Crippen molar-refractivity contribution in [2.24, 2.45) is 0 Å². The fourth-order valence-corrected chi connectivity index (χ4v) is 2.70.